The third-order valence-electron chi connectivity index (χ3n) is 3.88. The number of hydrogen-bond donors (Lipinski definition) is 1. The van der Waals surface area contributed by atoms with Crippen LogP contribution in [0.25, 0.3) is 10.9 Å². The number of fused-ring (bicyclic) bond motifs is 1. The largest absolute Gasteiger partial charge is 0.462 e. The van der Waals surface area contributed by atoms with E-state index in [9.17, 15) is 19.1 Å². The number of nitrogens with zero attached hydrogens (tertiary/aromatic N) is 1. The molecule has 0 saturated heterocycles. The van der Waals surface area contributed by atoms with Gasteiger partial charge in [-0.3, -0.25) is 4.79 Å². The lowest BCUT2D eigenvalue weighted by Crippen LogP contribution is -2.26. The summed E-state index contributed by atoms with van der Waals surface area (Å²) in [6, 6.07) is 2.16. The van der Waals surface area contributed by atoms with E-state index in [1.807, 2.05) is 13.8 Å². The Labute approximate surface area is 147 Å². The molecule has 0 aliphatic carbocycles. The molecule has 0 amide bonds. The maximum absolute atomic E-state index is 14.0. The van der Waals surface area contributed by atoms with E-state index in [-0.39, 0.29) is 34.6 Å². The highest BCUT2D eigenvalue weighted by molar-refractivity contribution is 9.10. The average molecular weight is 400 g/mol. The van der Waals surface area contributed by atoms with E-state index in [0.717, 1.165) is 0 Å². The first kappa shape index (κ1) is 18.6. The SMILES string of the molecule is CCOC(=O)c1cn([C@@H](CO)C(C)C)c2cc(F)c(Br)cc2c1=O. The number of esters is 1. The van der Waals surface area contributed by atoms with E-state index in [0.29, 0.717) is 5.52 Å². The molecule has 0 bridgehead atoms. The lowest BCUT2D eigenvalue weighted by Gasteiger charge is -2.25. The van der Waals surface area contributed by atoms with Gasteiger partial charge in [0.15, 0.2) is 0 Å². The van der Waals surface area contributed by atoms with Gasteiger partial charge in [-0.2, -0.15) is 0 Å². The third-order valence-corrected chi connectivity index (χ3v) is 4.49. The summed E-state index contributed by atoms with van der Waals surface area (Å²) in [6.07, 6.45) is 1.34. The molecular weight excluding hydrogens is 381 g/mol. The van der Waals surface area contributed by atoms with Crippen LogP contribution in [0.15, 0.2) is 27.6 Å². The fourth-order valence-electron chi connectivity index (χ4n) is 2.59. The molecular formula is C17H19BrFNO4. The summed E-state index contributed by atoms with van der Waals surface area (Å²) in [4.78, 5) is 24.7. The second-order valence-electron chi connectivity index (χ2n) is 5.78. The highest BCUT2D eigenvalue weighted by Gasteiger charge is 2.22. The first-order chi connectivity index (χ1) is 11.3. The van der Waals surface area contributed by atoms with Crippen molar-refractivity contribution in [2.75, 3.05) is 13.2 Å². The Morgan fingerprint density at radius 1 is 1.42 bits per heavy atom. The second kappa shape index (κ2) is 7.44. The summed E-state index contributed by atoms with van der Waals surface area (Å²) in [5, 5.41) is 9.91. The van der Waals surface area contributed by atoms with Crippen molar-refractivity contribution in [3.63, 3.8) is 0 Å². The highest BCUT2D eigenvalue weighted by Crippen LogP contribution is 2.27. The monoisotopic (exact) mass is 399 g/mol. The third kappa shape index (κ3) is 3.37. The number of benzene rings is 1. The van der Waals surface area contributed by atoms with Crippen LogP contribution in [0.5, 0.6) is 0 Å². The number of ether oxygens (including phenoxy) is 1. The van der Waals surface area contributed by atoms with E-state index in [1.54, 1.807) is 11.5 Å². The Hall–Kier alpha value is -1.73. The Balaban J connectivity index is 2.88. The van der Waals surface area contributed by atoms with Crippen molar-refractivity contribution in [3.05, 3.63) is 44.4 Å². The van der Waals surface area contributed by atoms with Gasteiger partial charge in [0.1, 0.15) is 11.4 Å². The van der Waals surface area contributed by atoms with Crippen LogP contribution in [0.4, 0.5) is 4.39 Å². The molecule has 1 N–H and O–H groups in total. The zero-order chi connectivity index (χ0) is 18.0. The number of aliphatic hydroxyl groups excluding tert-OH is 1. The molecule has 0 aliphatic heterocycles. The molecule has 1 heterocycles. The van der Waals surface area contributed by atoms with Crippen LogP contribution in [-0.2, 0) is 4.74 Å². The molecule has 0 spiro atoms. The summed E-state index contributed by atoms with van der Waals surface area (Å²) in [5.41, 5.74) is -0.343. The molecule has 0 fully saturated rings. The van der Waals surface area contributed by atoms with Gasteiger partial charge in [-0.25, -0.2) is 9.18 Å². The Bertz CT molecular complexity index is 831. The summed E-state index contributed by atoms with van der Waals surface area (Å²) in [6.45, 7) is 5.36. The van der Waals surface area contributed by atoms with Gasteiger partial charge in [0.2, 0.25) is 5.43 Å². The normalized spacial score (nSPS) is 12.6. The maximum atomic E-state index is 14.0. The summed E-state index contributed by atoms with van der Waals surface area (Å²) >= 11 is 3.06. The molecule has 0 radical (unpaired) electrons. The van der Waals surface area contributed by atoms with Gasteiger partial charge in [-0.1, -0.05) is 13.8 Å². The van der Waals surface area contributed by atoms with Crippen LogP contribution in [-0.4, -0.2) is 28.9 Å². The van der Waals surface area contributed by atoms with Crippen LogP contribution < -0.4 is 5.43 Å². The molecule has 0 saturated carbocycles. The standard InChI is InChI=1S/C17H19BrFNO4/c1-4-24-17(23)11-7-20(15(8-21)9(2)3)14-6-13(19)12(18)5-10(14)16(11)22/h5-7,9,15,21H,4,8H2,1-3H3/t15-/m0/s1. The number of hydrogen-bond acceptors (Lipinski definition) is 4. The molecule has 0 aliphatic rings. The second-order valence-corrected chi connectivity index (χ2v) is 6.63. The van der Waals surface area contributed by atoms with Gasteiger partial charge in [0.25, 0.3) is 0 Å². The number of carbonyl (C=O) groups is 1. The fraction of sp³-hybridized carbons (Fsp3) is 0.412. The van der Waals surface area contributed by atoms with Crippen molar-refractivity contribution in [2.24, 2.45) is 5.92 Å². The Morgan fingerprint density at radius 3 is 2.62 bits per heavy atom. The number of rotatable bonds is 5. The molecule has 7 heteroatoms. The Morgan fingerprint density at radius 2 is 2.08 bits per heavy atom. The number of carbonyl (C=O) groups excluding carboxylic acids is 1. The van der Waals surface area contributed by atoms with Crippen molar-refractivity contribution in [1.82, 2.24) is 4.57 Å². The average Bonchev–Trinajstić information content (AvgIpc) is 2.52. The van der Waals surface area contributed by atoms with Gasteiger partial charge in [-0.05, 0) is 40.9 Å². The number of halogens is 2. The predicted octanol–water partition coefficient (Wildman–Crippen LogP) is 3.27. The molecule has 2 aromatic rings. The molecule has 130 valence electrons. The van der Waals surface area contributed by atoms with Crippen molar-refractivity contribution >= 4 is 32.8 Å². The van der Waals surface area contributed by atoms with E-state index in [1.165, 1.54) is 18.3 Å². The van der Waals surface area contributed by atoms with Crippen molar-refractivity contribution in [2.45, 2.75) is 26.8 Å². The maximum Gasteiger partial charge on any atom is 0.343 e. The van der Waals surface area contributed by atoms with E-state index in [2.05, 4.69) is 15.9 Å². The van der Waals surface area contributed by atoms with Crippen LogP contribution in [0.2, 0.25) is 0 Å². The lowest BCUT2D eigenvalue weighted by atomic mass is 10.0. The summed E-state index contributed by atoms with van der Waals surface area (Å²) < 4.78 is 20.6. The molecule has 1 atom stereocenters. The van der Waals surface area contributed by atoms with Gasteiger partial charge in [0, 0.05) is 11.6 Å². The highest BCUT2D eigenvalue weighted by atomic mass is 79.9. The number of aromatic nitrogens is 1. The van der Waals surface area contributed by atoms with Gasteiger partial charge < -0.3 is 14.4 Å². The fourth-order valence-corrected chi connectivity index (χ4v) is 2.94. The van der Waals surface area contributed by atoms with E-state index < -0.39 is 23.3 Å². The van der Waals surface area contributed by atoms with Crippen LogP contribution >= 0.6 is 15.9 Å². The zero-order valence-corrected chi connectivity index (χ0v) is 15.3. The van der Waals surface area contributed by atoms with Crippen LogP contribution in [0.3, 0.4) is 0 Å². The molecule has 1 aromatic carbocycles. The lowest BCUT2D eigenvalue weighted by molar-refractivity contribution is 0.0523. The minimum atomic E-state index is -0.737. The predicted molar refractivity (Wildman–Crippen MR) is 92.8 cm³/mol. The molecule has 0 unspecified atom stereocenters. The van der Waals surface area contributed by atoms with Gasteiger partial charge >= 0.3 is 5.97 Å². The van der Waals surface area contributed by atoms with Crippen molar-refractivity contribution in [3.8, 4) is 0 Å². The van der Waals surface area contributed by atoms with Crippen LogP contribution in [0.1, 0.15) is 37.2 Å². The zero-order valence-electron chi connectivity index (χ0n) is 13.7. The number of aliphatic hydroxyl groups is 1. The first-order valence-electron chi connectivity index (χ1n) is 7.63. The Kier molecular flexibility index (Phi) is 5.77. The van der Waals surface area contributed by atoms with Crippen LogP contribution in [0, 0.1) is 11.7 Å². The minimum absolute atomic E-state index is 0.00227. The molecule has 24 heavy (non-hydrogen) atoms. The summed E-state index contributed by atoms with van der Waals surface area (Å²) in [5.74, 6) is -1.26. The van der Waals surface area contributed by atoms with E-state index in [4.69, 9.17) is 4.74 Å². The van der Waals surface area contributed by atoms with E-state index >= 15 is 0 Å². The molecule has 2 rings (SSSR count). The molecule has 1 aromatic heterocycles. The summed E-state index contributed by atoms with van der Waals surface area (Å²) in [7, 11) is 0. The minimum Gasteiger partial charge on any atom is -0.462 e. The first-order valence-corrected chi connectivity index (χ1v) is 8.43. The smallest absolute Gasteiger partial charge is 0.343 e. The topological polar surface area (TPSA) is 68.5 Å². The number of pyridine rings is 1. The van der Waals surface area contributed by atoms with Gasteiger partial charge in [-0.15, -0.1) is 0 Å². The molecule has 5 nitrogen and oxygen atoms in total. The van der Waals surface area contributed by atoms with Crippen molar-refractivity contribution < 1.29 is 19.0 Å². The van der Waals surface area contributed by atoms with Crippen molar-refractivity contribution in [1.29, 1.82) is 0 Å². The van der Waals surface area contributed by atoms with Gasteiger partial charge in [0.05, 0.1) is 29.2 Å². The quantitative estimate of drug-likeness (QED) is 0.783.